The molecule has 2 amide bonds. The van der Waals surface area contributed by atoms with Gasteiger partial charge in [-0.1, -0.05) is 11.6 Å². The van der Waals surface area contributed by atoms with Crippen LogP contribution >= 0.6 is 11.6 Å². The third-order valence-corrected chi connectivity index (χ3v) is 6.52. The maximum absolute atomic E-state index is 13.1. The molecule has 2 fully saturated rings. The van der Waals surface area contributed by atoms with Crippen LogP contribution in [0, 0.1) is 18.8 Å². The number of nitrogens with one attached hydrogen (secondary N) is 1. The molecule has 1 aromatic heterocycles. The molecule has 1 aliphatic carbocycles. The molecule has 0 spiro atoms. The van der Waals surface area contributed by atoms with Crippen LogP contribution in [0.25, 0.3) is 10.9 Å². The van der Waals surface area contributed by atoms with Gasteiger partial charge in [0.05, 0.1) is 0 Å². The van der Waals surface area contributed by atoms with Crippen molar-refractivity contribution in [3.8, 4) is 0 Å². The molecule has 1 unspecified atom stereocenters. The Morgan fingerprint density at radius 1 is 1.31 bits per heavy atom. The Morgan fingerprint density at radius 3 is 2.81 bits per heavy atom. The maximum atomic E-state index is 13.1. The summed E-state index contributed by atoms with van der Waals surface area (Å²) in [7, 11) is 3.76. The number of halogens is 1. The minimum absolute atomic E-state index is 0.0122. The molecule has 5 nitrogen and oxygen atoms in total. The Balaban J connectivity index is 1.56. The summed E-state index contributed by atoms with van der Waals surface area (Å²) in [5, 5.41) is 1.65. The number of aromatic nitrogens is 1. The van der Waals surface area contributed by atoms with E-state index in [0.29, 0.717) is 29.0 Å². The van der Waals surface area contributed by atoms with Gasteiger partial charge in [-0.15, -0.1) is 0 Å². The molecule has 2 heterocycles. The highest BCUT2D eigenvalue weighted by molar-refractivity contribution is 6.31. The van der Waals surface area contributed by atoms with Crippen molar-refractivity contribution < 1.29 is 9.59 Å². The minimum atomic E-state index is 0.0122. The lowest BCUT2D eigenvalue weighted by molar-refractivity contribution is -0.134. The van der Waals surface area contributed by atoms with E-state index in [9.17, 15) is 9.59 Å². The molecule has 3 atom stereocenters. The van der Waals surface area contributed by atoms with Crippen molar-refractivity contribution >= 4 is 34.3 Å². The molecule has 1 aromatic carbocycles. The molecule has 0 bridgehead atoms. The van der Waals surface area contributed by atoms with Crippen molar-refractivity contribution in [3.63, 3.8) is 0 Å². The van der Waals surface area contributed by atoms with Crippen LogP contribution in [0.1, 0.15) is 35.3 Å². The molecule has 1 saturated carbocycles. The van der Waals surface area contributed by atoms with E-state index in [4.69, 9.17) is 11.6 Å². The second-order valence-corrected chi connectivity index (χ2v) is 8.29. The first kappa shape index (κ1) is 17.4. The van der Waals surface area contributed by atoms with Crippen LogP contribution in [-0.2, 0) is 4.79 Å². The lowest BCUT2D eigenvalue weighted by Crippen LogP contribution is -2.40. The Hall–Kier alpha value is -2.01. The van der Waals surface area contributed by atoms with Gasteiger partial charge in [0, 0.05) is 49.0 Å². The number of aryl methyl sites for hydroxylation is 1. The van der Waals surface area contributed by atoms with E-state index < -0.39 is 0 Å². The Bertz CT molecular complexity index is 891. The van der Waals surface area contributed by atoms with E-state index in [0.717, 1.165) is 35.9 Å². The van der Waals surface area contributed by atoms with Crippen molar-refractivity contribution in [3.05, 3.63) is 34.5 Å². The molecule has 4 rings (SSSR count). The van der Waals surface area contributed by atoms with Crippen LogP contribution in [-0.4, -0.2) is 53.3 Å². The molecule has 1 saturated heterocycles. The van der Waals surface area contributed by atoms with Crippen LogP contribution in [0.2, 0.25) is 5.02 Å². The average Bonchev–Trinajstić information content (AvgIpc) is 3.15. The smallest absolute Gasteiger partial charge is 0.270 e. The largest absolute Gasteiger partial charge is 0.350 e. The number of H-pyrrole nitrogens is 1. The van der Waals surface area contributed by atoms with Gasteiger partial charge in [0.15, 0.2) is 0 Å². The van der Waals surface area contributed by atoms with Crippen molar-refractivity contribution in [1.29, 1.82) is 0 Å². The summed E-state index contributed by atoms with van der Waals surface area (Å²) in [6, 6.07) is 5.82. The highest BCUT2D eigenvalue weighted by atomic mass is 35.5. The number of aromatic amines is 1. The van der Waals surface area contributed by atoms with Crippen molar-refractivity contribution in [2.24, 2.45) is 11.8 Å². The normalized spacial score (nSPS) is 25.6. The molecule has 0 radical (unpaired) electrons. The van der Waals surface area contributed by atoms with Gasteiger partial charge in [0.25, 0.3) is 5.91 Å². The highest BCUT2D eigenvalue weighted by Gasteiger charge is 2.42. The van der Waals surface area contributed by atoms with E-state index in [1.807, 2.05) is 49.0 Å². The molecule has 1 aliphatic heterocycles. The second kappa shape index (κ2) is 6.31. The number of hydrogen-bond donors (Lipinski definition) is 1. The van der Waals surface area contributed by atoms with E-state index in [-0.39, 0.29) is 17.9 Å². The predicted molar refractivity (Wildman–Crippen MR) is 102 cm³/mol. The van der Waals surface area contributed by atoms with E-state index >= 15 is 0 Å². The van der Waals surface area contributed by atoms with E-state index in [1.165, 1.54) is 0 Å². The monoisotopic (exact) mass is 373 g/mol. The van der Waals surface area contributed by atoms with E-state index in [1.54, 1.807) is 0 Å². The summed E-state index contributed by atoms with van der Waals surface area (Å²) in [5.41, 5.74) is 2.49. The number of rotatable bonds is 2. The topological polar surface area (TPSA) is 56.4 Å². The predicted octanol–water partition coefficient (Wildman–Crippen LogP) is 3.46. The molecule has 1 N–H and O–H groups in total. The number of likely N-dealkylation sites (tertiary alicyclic amines) is 1. The zero-order chi connectivity index (χ0) is 18.6. The first-order valence-electron chi connectivity index (χ1n) is 9.14. The van der Waals surface area contributed by atoms with Crippen molar-refractivity contribution in [2.45, 2.75) is 32.2 Å². The van der Waals surface area contributed by atoms with E-state index in [2.05, 4.69) is 4.98 Å². The van der Waals surface area contributed by atoms with Crippen molar-refractivity contribution in [1.82, 2.24) is 14.8 Å². The van der Waals surface area contributed by atoms with Gasteiger partial charge in [-0.05, 0) is 55.4 Å². The highest BCUT2D eigenvalue weighted by Crippen LogP contribution is 2.40. The van der Waals surface area contributed by atoms with Crippen molar-refractivity contribution in [2.75, 3.05) is 20.6 Å². The standard InChI is InChI=1S/C20H24ClN3O2/c1-11-16-9-14(21)4-5-17(16)22-19(11)20(26)24(3)15-6-12-8-18(25)23(2)10-13(12)7-15/h4-5,9,12-13,15,22H,6-8,10H2,1-3H3/t12-,13+,15?/m0/s1. The summed E-state index contributed by atoms with van der Waals surface area (Å²) < 4.78 is 0. The van der Waals surface area contributed by atoms with Gasteiger partial charge >= 0.3 is 0 Å². The number of piperidine rings is 1. The average molecular weight is 374 g/mol. The zero-order valence-corrected chi connectivity index (χ0v) is 16.1. The number of amides is 2. The lowest BCUT2D eigenvalue weighted by atomic mass is 9.88. The fraction of sp³-hybridized carbons (Fsp3) is 0.500. The summed E-state index contributed by atoms with van der Waals surface area (Å²) in [5.74, 6) is 1.14. The number of benzene rings is 1. The number of fused-ring (bicyclic) bond motifs is 2. The molecule has 2 aliphatic rings. The Kier molecular flexibility index (Phi) is 4.22. The fourth-order valence-corrected chi connectivity index (χ4v) is 4.83. The molecular formula is C20H24ClN3O2. The van der Waals surface area contributed by atoms with Gasteiger partial charge in [0.2, 0.25) is 5.91 Å². The molecule has 6 heteroatoms. The van der Waals surface area contributed by atoms with Gasteiger partial charge in [-0.25, -0.2) is 0 Å². The van der Waals surface area contributed by atoms with Gasteiger partial charge in [-0.2, -0.15) is 0 Å². The van der Waals surface area contributed by atoms with Crippen LogP contribution < -0.4 is 0 Å². The summed E-state index contributed by atoms with van der Waals surface area (Å²) in [6.07, 6.45) is 2.50. The number of hydrogen-bond acceptors (Lipinski definition) is 2. The van der Waals surface area contributed by atoms with Crippen LogP contribution in [0.4, 0.5) is 0 Å². The lowest BCUT2D eigenvalue weighted by Gasteiger charge is -2.31. The third kappa shape index (κ3) is 2.78. The van der Waals surface area contributed by atoms with Gasteiger partial charge < -0.3 is 14.8 Å². The summed E-state index contributed by atoms with van der Waals surface area (Å²) in [4.78, 5) is 32.0. The molecule has 2 aromatic rings. The summed E-state index contributed by atoms with van der Waals surface area (Å²) in [6.45, 7) is 2.77. The Morgan fingerprint density at radius 2 is 2.04 bits per heavy atom. The number of carbonyl (C=O) groups is 2. The fourth-order valence-electron chi connectivity index (χ4n) is 4.66. The van der Waals surface area contributed by atoms with Gasteiger partial charge in [0.1, 0.15) is 5.69 Å². The second-order valence-electron chi connectivity index (χ2n) is 7.85. The minimum Gasteiger partial charge on any atom is -0.350 e. The molecule has 26 heavy (non-hydrogen) atoms. The Labute approximate surface area is 158 Å². The number of carbonyl (C=O) groups excluding carboxylic acids is 2. The molecular weight excluding hydrogens is 350 g/mol. The maximum Gasteiger partial charge on any atom is 0.270 e. The molecule has 138 valence electrons. The zero-order valence-electron chi connectivity index (χ0n) is 15.4. The first-order chi connectivity index (χ1) is 12.3. The number of nitrogens with zero attached hydrogens (tertiary/aromatic N) is 2. The van der Waals surface area contributed by atoms with Crippen LogP contribution in [0.15, 0.2) is 18.2 Å². The third-order valence-electron chi connectivity index (χ3n) is 6.29. The SMILES string of the molecule is Cc1c(C(=O)N(C)C2C[C@H]3CC(=O)N(C)C[C@H]3C2)[nH]c2ccc(Cl)cc12. The quantitative estimate of drug-likeness (QED) is 0.876. The van der Waals surface area contributed by atoms with Crippen LogP contribution in [0.5, 0.6) is 0 Å². The summed E-state index contributed by atoms with van der Waals surface area (Å²) >= 11 is 6.10. The first-order valence-corrected chi connectivity index (χ1v) is 9.52. The van der Waals surface area contributed by atoms with Crippen LogP contribution in [0.3, 0.4) is 0 Å². The van der Waals surface area contributed by atoms with Gasteiger partial charge in [-0.3, -0.25) is 9.59 Å².